The number of rotatable bonds is 0. The van der Waals surface area contributed by atoms with Crippen LogP contribution in [-0.2, 0) is 0 Å². The molecule has 1 aliphatic carbocycles. The molecule has 0 heterocycles. The molecular weight excluding hydrogens is 199 g/mol. The van der Waals surface area contributed by atoms with E-state index in [1.54, 1.807) is 0 Å². The minimum Gasteiger partial charge on any atom is -0.0795 e. The molecule has 0 unspecified atom stereocenters. The van der Waals surface area contributed by atoms with E-state index < -0.39 is 0 Å². The number of hydrogen-bond acceptors (Lipinski definition) is 0. The van der Waals surface area contributed by atoms with Crippen molar-refractivity contribution >= 4 is 22.6 Å². The van der Waals surface area contributed by atoms with Gasteiger partial charge in [0.25, 0.3) is 0 Å². The number of allylic oxidation sites excluding steroid dienone is 4. The third kappa shape index (κ3) is 1.63. The van der Waals surface area contributed by atoms with Crippen LogP contribution in [0, 0.1) is 6.42 Å². The Labute approximate surface area is 57.4 Å². The fraction of sp³-hybridized carbons (Fsp3) is 0.167. The van der Waals surface area contributed by atoms with E-state index in [2.05, 4.69) is 47.2 Å². The van der Waals surface area contributed by atoms with Crippen molar-refractivity contribution in [2.24, 2.45) is 0 Å². The molecule has 0 bridgehead atoms. The molecule has 0 spiro atoms. The van der Waals surface area contributed by atoms with Gasteiger partial charge in [-0.1, -0.05) is 18.2 Å². The zero-order valence-corrected chi connectivity index (χ0v) is 6.05. The first kappa shape index (κ1) is 5.35. The predicted octanol–water partition coefficient (Wildman–Crippen LogP) is 2.47. The van der Waals surface area contributed by atoms with Crippen LogP contribution < -0.4 is 0 Å². The molecule has 0 aromatic heterocycles. The van der Waals surface area contributed by atoms with E-state index in [4.69, 9.17) is 0 Å². The van der Waals surface area contributed by atoms with Crippen LogP contribution in [0.25, 0.3) is 0 Å². The molecule has 0 aromatic carbocycles. The van der Waals surface area contributed by atoms with E-state index in [-0.39, 0.29) is 0 Å². The van der Waals surface area contributed by atoms with Crippen molar-refractivity contribution in [2.45, 2.75) is 6.42 Å². The third-order valence-electron chi connectivity index (χ3n) is 0.840. The van der Waals surface area contributed by atoms with E-state index in [0.29, 0.717) is 0 Å². The molecule has 0 nitrogen and oxygen atoms in total. The van der Waals surface area contributed by atoms with Crippen LogP contribution in [0.3, 0.4) is 0 Å². The van der Waals surface area contributed by atoms with Gasteiger partial charge in [0.05, 0.1) is 0 Å². The van der Waals surface area contributed by atoms with Gasteiger partial charge in [0.2, 0.25) is 0 Å². The molecule has 0 atom stereocenters. The molecular formula is C6H6I. The molecule has 0 fully saturated rings. The molecule has 0 N–H and O–H groups in total. The van der Waals surface area contributed by atoms with Gasteiger partial charge >= 0.3 is 0 Å². The van der Waals surface area contributed by atoms with Crippen molar-refractivity contribution in [3.63, 3.8) is 0 Å². The molecule has 1 heteroatoms. The molecule has 1 aliphatic rings. The van der Waals surface area contributed by atoms with Crippen LogP contribution in [0.4, 0.5) is 0 Å². The molecule has 0 saturated carbocycles. The Morgan fingerprint density at radius 3 is 2.71 bits per heavy atom. The van der Waals surface area contributed by atoms with Crippen LogP contribution in [-0.4, -0.2) is 0 Å². The lowest BCUT2D eigenvalue weighted by Crippen LogP contribution is -1.74. The maximum atomic E-state index is 2.31. The summed E-state index contributed by atoms with van der Waals surface area (Å²) in [6.07, 6.45) is 9.63. The van der Waals surface area contributed by atoms with E-state index >= 15 is 0 Å². The highest BCUT2D eigenvalue weighted by Crippen LogP contribution is 2.14. The number of hydrogen-bond donors (Lipinski definition) is 0. The normalized spacial score (nSPS) is 19.3. The fourth-order valence-corrected chi connectivity index (χ4v) is 0.949. The summed E-state index contributed by atoms with van der Waals surface area (Å²) in [7, 11) is 0. The summed E-state index contributed by atoms with van der Waals surface area (Å²) in [6, 6.07) is 0. The number of halogens is 1. The van der Waals surface area contributed by atoms with Gasteiger partial charge in [-0.15, -0.1) is 0 Å². The highest BCUT2D eigenvalue weighted by molar-refractivity contribution is 14.1. The first-order valence-corrected chi connectivity index (χ1v) is 3.33. The Balaban J connectivity index is 2.58. The van der Waals surface area contributed by atoms with Crippen molar-refractivity contribution in [3.8, 4) is 0 Å². The first-order valence-electron chi connectivity index (χ1n) is 2.25. The molecule has 1 rings (SSSR count). The average molecular weight is 205 g/mol. The Hall–Kier alpha value is 0.210. The zero-order chi connectivity index (χ0) is 5.11. The first-order chi connectivity index (χ1) is 3.39. The highest BCUT2D eigenvalue weighted by Gasteiger charge is 1.88. The fourth-order valence-electron chi connectivity index (χ4n) is 0.487. The summed E-state index contributed by atoms with van der Waals surface area (Å²) in [4.78, 5) is 0. The monoisotopic (exact) mass is 205 g/mol. The van der Waals surface area contributed by atoms with Crippen LogP contribution in [0.5, 0.6) is 0 Å². The maximum absolute atomic E-state index is 2.31. The second kappa shape index (κ2) is 2.50. The molecule has 1 radical (unpaired) electrons. The van der Waals surface area contributed by atoms with Gasteiger partial charge in [-0.05, 0) is 35.4 Å². The van der Waals surface area contributed by atoms with Gasteiger partial charge in [-0.25, -0.2) is 0 Å². The smallest absolute Gasteiger partial charge is 0.00871 e. The molecule has 37 valence electrons. The molecule has 0 aromatic rings. The van der Waals surface area contributed by atoms with Crippen LogP contribution in [0.2, 0.25) is 0 Å². The topological polar surface area (TPSA) is 0 Å². The van der Waals surface area contributed by atoms with Gasteiger partial charge in [0, 0.05) is 3.58 Å². The van der Waals surface area contributed by atoms with Gasteiger partial charge in [-0.3, -0.25) is 0 Å². The Kier molecular flexibility index (Phi) is 1.91. The van der Waals surface area contributed by atoms with Crippen molar-refractivity contribution in [1.82, 2.24) is 0 Å². The van der Waals surface area contributed by atoms with Gasteiger partial charge in [-0.2, -0.15) is 0 Å². The third-order valence-corrected chi connectivity index (χ3v) is 1.64. The van der Waals surface area contributed by atoms with Gasteiger partial charge < -0.3 is 0 Å². The maximum Gasteiger partial charge on any atom is 0.00871 e. The minimum absolute atomic E-state index is 1.11. The molecule has 0 saturated heterocycles. The summed E-state index contributed by atoms with van der Waals surface area (Å²) >= 11 is 2.31. The molecule has 0 aliphatic heterocycles. The van der Waals surface area contributed by atoms with Crippen molar-refractivity contribution < 1.29 is 0 Å². The summed E-state index contributed by atoms with van der Waals surface area (Å²) in [5.74, 6) is 0. The summed E-state index contributed by atoms with van der Waals surface area (Å²) in [6.45, 7) is 0. The van der Waals surface area contributed by atoms with E-state index in [1.165, 1.54) is 3.58 Å². The van der Waals surface area contributed by atoms with Crippen LogP contribution in [0.15, 0.2) is 21.8 Å². The largest absolute Gasteiger partial charge is 0.0795 e. The van der Waals surface area contributed by atoms with Crippen molar-refractivity contribution in [1.29, 1.82) is 0 Å². The lowest BCUT2D eigenvalue weighted by molar-refractivity contribution is 1.26. The molecule has 0 amide bonds. The molecule has 7 heavy (non-hydrogen) atoms. The van der Waals surface area contributed by atoms with Crippen LogP contribution in [0.1, 0.15) is 6.42 Å². The summed E-state index contributed by atoms with van der Waals surface area (Å²) in [5.41, 5.74) is 0. The summed E-state index contributed by atoms with van der Waals surface area (Å²) in [5, 5.41) is 0. The minimum atomic E-state index is 1.11. The highest BCUT2D eigenvalue weighted by atomic mass is 127. The lowest BCUT2D eigenvalue weighted by Gasteiger charge is -1.94. The Morgan fingerprint density at radius 2 is 2.43 bits per heavy atom. The zero-order valence-electron chi connectivity index (χ0n) is 3.89. The Bertz CT molecular complexity index is 111. The van der Waals surface area contributed by atoms with Gasteiger partial charge in [0.15, 0.2) is 0 Å². The van der Waals surface area contributed by atoms with Crippen LogP contribution >= 0.6 is 22.6 Å². The van der Waals surface area contributed by atoms with Crippen molar-refractivity contribution in [3.05, 3.63) is 28.2 Å². The second-order valence-corrected chi connectivity index (χ2v) is 2.67. The summed E-state index contributed by atoms with van der Waals surface area (Å²) < 4.78 is 1.35. The predicted molar refractivity (Wildman–Crippen MR) is 40.2 cm³/mol. The Morgan fingerprint density at radius 1 is 1.57 bits per heavy atom. The SMILES string of the molecule is IC1=CC[CH]C=C1. The standard InChI is InChI=1S/C6H6I/c7-6-4-2-1-3-5-6/h1-2,4-5H,3H2. The van der Waals surface area contributed by atoms with E-state index in [9.17, 15) is 0 Å². The second-order valence-electron chi connectivity index (χ2n) is 1.42. The van der Waals surface area contributed by atoms with Crippen molar-refractivity contribution in [2.75, 3.05) is 0 Å². The van der Waals surface area contributed by atoms with E-state index in [1.807, 2.05) is 0 Å². The lowest BCUT2D eigenvalue weighted by atomic mass is 10.2. The quantitative estimate of drug-likeness (QED) is 0.533. The van der Waals surface area contributed by atoms with E-state index in [0.717, 1.165) is 6.42 Å². The average Bonchev–Trinajstić information content (AvgIpc) is 1.69. The van der Waals surface area contributed by atoms with Gasteiger partial charge in [0.1, 0.15) is 0 Å².